The van der Waals surface area contributed by atoms with E-state index in [1.807, 2.05) is 50.2 Å². The van der Waals surface area contributed by atoms with Crippen molar-refractivity contribution in [2.24, 2.45) is 0 Å². The quantitative estimate of drug-likeness (QED) is 0.443. The Morgan fingerprint density at radius 1 is 1.13 bits per heavy atom. The van der Waals surface area contributed by atoms with Crippen molar-refractivity contribution >= 4 is 39.3 Å². The zero-order chi connectivity index (χ0) is 21.0. The van der Waals surface area contributed by atoms with Gasteiger partial charge in [0.05, 0.1) is 15.6 Å². The van der Waals surface area contributed by atoms with Crippen LogP contribution in [0.25, 0.3) is 33.3 Å². The third kappa shape index (κ3) is 2.86. The molecule has 5 rings (SSSR count). The molecule has 0 saturated carbocycles. The molecule has 0 unspecified atom stereocenters. The van der Waals surface area contributed by atoms with E-state index in [1.54, 1.807) is 16.7 Å². The second-order valence-corrected chi connectivity index (χ2v) is 8.37. The Kier molecular flexibility index (Phi) is 4.15. The Labute approximate surface area is 175 Å². The molecule has 148 valence electrons. The molecule has 0 saturated heterocycles. The van der Waals surface area contributed by atoms with Crippen LogP contribution in [0.4, 0.5) is 0 Å². The first-order valence-electron chi connectivity index (χ1n) is 9.52. The molecule has 0 radical (unpaired) electrons. The Morgan fingerprint density at radius 2 is 1.90 bits per heavy atom. The lowest BCUT2D eigenvalue weighted by molar-refractivity contribution is 0.0921. The van der Waals surface area contributed by atoms with Gasteiger partial charge in [-0.15, -0.1) is 0 Å². The highest BCUT2D eigenvalue weighted by molar-refractivity contribution is 7.15. The highest BCUT2D eigenvalue weighted by atomic mass is 32.1. The normalized spacial score (nSPS) is 12.3. The summed E-state index contributed by atoms with van der Waals surface area (Å²) in [6, 6.07) is 13.7. The van der Waals surface area contributed by atoms with Crippen LogP contribution in [0.15, 0.2) is 53.5 Å². The summed E-state index contributed by atoms with van der Waals surface area (Å²) >= 11 is 1.34. The van der Waals surface area contributed by atoms with Gasteiger partial charge in [-0.05, 0) is 37.1 Å². The topological polar surface area (TPSA) is 69.3 Å². The number of benzene rings is 2. The van der Waals surface area contributed by atoms with Crippen molar-refractivity contribution in [2.45, 2.75) is 20.8 Å². The summed E-state index contributed by atoms with van der Waals surface area (Å²) in [5, 5.41) is 4.44. The second kappa shape index (κ2) is 6.74. The maximum absolute atomic E-state index is 13.2. The first-order valence-corrected chi connectivity index (χ1v) is 10.3. The molecular weight excluding hydrogens is 396 g/mol. The lowest BCUT2D eigenvalue weighted by Crippen LogP contribution is -2.22. The first-order chi connectivity index (χ1) is 14.4. The van der Waals surface area contributed by atoms with Crippen LogP contribution in [0.2, 0.25) is 0 Å². The van der Waals surface area contributed by atoms with Crippen LogP contribution in [0.1, 0.15) is 28.4 Å². The fraction of sp³-hybridized carbons (Fsp3) is 0.130. The molecule has 6 nitrogen and oxygen atoms in total. The Bertz CT molecular complexity index is 1560. The highest BCUT2D eigenvalue weighted by Gasteiger charge is 2.15. The van der Waals surface area contributed by atoms with Crippen molar-refractivity contribution in [3.8, 4) is 11.3 Å². The summed E-state index contributed by atoms with van der Waals surface area (Å²) in [4.78, 5) is 30.5. The number of thiazole rings is 1. The fourth-order valence-electron chi connectivity index (χ4n) is 3.73. The van der Waals surface area contributed by atoms with Crippen molar-refractivity contribution in [2.75, 3.05) is 0 Å². The molecule has 0 aliphatic carbocycles. The number of carbonyl (C=O) groups excluding carboxylic acids is 1. The molecule has 0 N–H and O–H groups in total. The predicted octanol–water partition coefficient (Wildman–Crippen LogP) is 3.60. The van der Waals surface area contributed by atoms with Gasteiger partial charge in [0.2, 0.25) is 5.91 Å². The molecule has 30 heavy (non-hydrogen) atoms. The zero-order valence-corrected chi connectivity index (χ0v) is 17.5. The number of hydrogen-bond donors (Lipinski definition) is 0. The summed E-state index contributed by atoms with van der Waals surface area (Å²) in [6.07, 6.45) is 3.46. The zero-order valence-electron chi connectivity index (χ0n) is 16.7. The van der Waals surface area contributed by atoms with Crippen molar-refractivity contribution in [3.63, 3.8) is 0 Å². The molecule has 2 aromatic carbocycles. The van der Waals surface area contributed by atoms with E-state index in [-0.39, 0.29) is 11.5 Å². The minimum Gasteiger partial charge on any atom is -0.273 e. The van der Waals surface area contributed by atoms with E-state index in [1.165, 1.54) is 22.9 Å². The number of carbonyl (C=O) groups is 1. The van der Waals surface area contributed by atoms with Crippen molar-refractivity contribution in [3.05, 3.63) is 80.2 Å². The number of rotatable bonds is 2. The van der Waals surface area contributed by atoms with Gasteiger partial charge in [-0.2, -0.15) is 5.10 Å². The van der Waals surface area contributed by atoms with Gasteiger partial charge in [-0.3, -0.25) is 9.59 Å². The number of fused-ring (bicyclic) bond motifs is 3. The number of imidazole rings is 1. The van der Waals surface area contributed by atoms with E-state index >= 15 is 0 Å². The fourth-order valence-corrected chi connectivity index (χ4v) is 4.70. The average molecular weight is 414 g/mol. The summed E-state index contributed by atoms with van der Waals surface area (Å²) in [5.41, 5.74) is 5.97. The smallest absolute Gasteiger partial charge is 0.273 e. The Hall–Kier alpha value is -3.58. The van der Waals surface area contributed by atoms with Gasteiger partial charge in [0.1, 0.15) is 5.69 Å². The van der Waals surface area contributed by atoms with E-state index < -0.39 is 0 Å². The average Bonchev–Trinajstić information content (AvgIpc) is 3.37. The minimum absolute atomic E-state index is 0.114. The first kappa shape index (κ1) is 18.4. The van der Waals surface area contributed by atoms with Crippen molar-refractivity contribution < 1.29 is 4.79 Å². The summed E-state index contributed by atoms with van der Waals surface area (Å²) in [5.74, 6) is -0.188. The summed E-state index contributed by atoms with van der Waals surface area (Å²) in [6.45, 7) is 5.48. The number of hydrogen-bond acceptors (Lipinski definition) is 5. The van der Waals surface area contributed by atoms with Crippen LogP contribution in [0.3, 0.4) is 0 Å². The Morgan fingerprint density at radius 3 is 2.63 bits per heavy atom. The van der Waals surface area contributed by atoms with E-state index in [2.05, 4.69) is 16.1 Å². The van der Waals surface area contributed by atoms with Gasteiger partial charge in [-0.1, -0.05) is 47.7 Å². The Balaban J connectivity index is 1.77. The molecule has 0 amide bonds. The van der Waals surface area contributed by atoms with Crippen LogP contribution in [-0.2, 0) is 0 Å². The van der Waals surface area contributed by atoms with Crippen LogP contribution in [-0.4, -0.2) is 25.1 Å². The number of nitrogens with zero attached hydrogens (tertiary/aromatic N) is 4. The van der Waals surface area contributed by atoms with Crippen molar-refractivity contribution in [1.82, 2.24) is 19.2 Å². The molecule has 7 heteroatoms. The van der Waals surface area contributed by atoms with Crippen molar-refractivity contribution in [1.29, 1.82) is 0 Å². The third-order valence-electron chi connectivity index (χ3n) is 5.08. The molecule has 0 atom stereocenters. The van der Waals surface area contributed by atoms with E-state index in [9.17, 15) is 9.59 Å². The lowest BCUT2D eigenvalue weighted by Gasteiger charge is -1.98. The van der Waals surface area contributed by atoms with E-state index in [4.69, 9.17) is 0 Å². The van der Waals surface area contributed by atoms with Gasteiger partial charge in [0.15, 0.2) is 4.96 Å². The highest BCUT2D eigenvalue weighted by Crippen LogP contribution is 2.24. The van der Waals surface area contributed by atoms with E-state index in [0.717, 1.165) is 33.3 Å². The SMILES string of the molecule is CC(=O)n1cc(/C=c2/sc3nc4c(C)cc(C)cc4n3c2=O)c(-c2ccccc2)n1. The van der Waals surface area contributed by atoms with Crippen LogP contribution in [0, 0.1) is 13.8 Å². The second-order valence-electron chi connectivity index (χ2n) is 7.36. The molecule has 0 aliphatic heterocycles. The van der Waals surface area contributed by atoms with Gasteiger partial charge >= 0.3 is 0 Å². The van der Waals surface area contributed by atoms with Gasteiger partial charge in [-0.25, -0.2) is 14.1 Å². The van der Waals surface area contributed by atoms with Crippen LogP contribution >= 0.6 is 11.3 Å². The molecule has 0 aliphatic rings. The molecule has 5 aromatic rings. The molecule has 0 fully saturated rings. The van der Waals surface area contributed by atoms with Crippen LogP contribution < -0.4 is 10.1 Å². The summed E-state index contributed by atoms with van der Waals surface area (Å²) < 4.78 is 3.53. The maximum Gasteiger partial charge on any atom is 0.274 e. The largest absolute Gasteiger partial charge is 0.274 e. The molecular formula is C23H18N4O2S. The number of aromatic nitrogens is 4. The molecule has 3 aromatic heterocycles. The number of aryl methyl sites for hydroxylation is 2. The molecule has 0 spiro atoms. The van der Waals surface area contributed by atoms with Gasteiger partial charge < -0.3 is 0 Å². The van der Waals surface area contributed by atoms with Gasteiger partial charge in [0, 0.05) is 24.2 Å². The maximum atomic E-state index is 13.2. The molecule has 0 bridgehead atoms. The summed E-state index contributed by atoms with van der Waals surface area (Å²) in [7, 11) is 0. The monoisotopic (exact) mass is 414 g/mol. The molecule has 3 heterocycles. The third-order valence-corrected chi connectivity index (χ3v) is 6.05. The minimum atomic E-state index is -0.188. The van der Waals surface area contributed by atoms with Crippen LogP contribution in [0.5, 0.6) is 0 Å². The predicted molar refractivity (Wildman–Crippen MR) is 119 cm³/mol. The van der Waals surface area contributed by atoms with Gasteiger partial charge in [0.25, 0.3) is 5.56 Å². The standard InChI is InChI=1S/C23H18N4O2S/c1-13-9-14(2)20-18(10-13)27-22(29)19(30-23(27)24-20)11-17-12-26(15(3)28)25-21(17)16-7-5-4-6-8-16/h4-12H,1-3H3/b19-11+. The van der Waals surface area contributed by atoms with E-state index in [0.29, 0.717) is 15.2 Å². The lowest BCUT2D eigenvalue weighted by atomic mass is 10.1.